The highest BCUT2D eigenvalue weighted by molar-refractivity contribution is 5.71. The van der Waals surface area contributed by atoms with Crippen LogP contribution in [0.3, 0.4) is 0 Å². The van der Waals surface area contributed by atoms with Gasteiger partial charge in [0.15, 0.2) is 0 Å². The van der Waals surface area contributed by atoms with Crippen molar-refractivity contribution in [1.29, 1.82) is 0 Å². The van der Waals surface area contributed by atoms with Crippen molar-refractivity contribution < 1.29 is 19.0 Å². The smallest absolute Gasteiger partial charge is 0.308 e. The Morgan fingerprint density at radius 2 is 2.05 bits per heavy atom. The van der Waals surface area contributed by atoms with Crippen molar-refractivity contribution in [2.45, 2.75) is 13.3 Å². The summed E-state index contributed by atoms with van der Waals surface area (Å²) >= 11 is 0. The molecule has 5 nitrogen and oxygen atoms in total. The first kappa shape index (κ1) is 13.1. The lowest BCUT2D eigenvalue weighted by molar-refractivity contribution is -0.136. The topological polar surface area (TPSA) is 64.3 Å². The van der Waals surface area contributed by atoms with E-state index in [1.165, 1.54) is 23.9 Å². The van der Waals surface area contributed by atoms with E-state index in [4.69, 9.17) is 9.84 Å². The van der Waals surface area contributed by atoms with Gasteiger partial charge in [-0.2, -0.15) is 5.10 Å². The molecule has 0 unspecified atom stereocenters. The number of carboxylic acids is 1. The van der Waals surface area contributed by atoms with Crippen LogP contribution in [-0.2, 0) is 11.2 Å². The zero-order valence-electron chi connectivity index (χ0n) is 10.6. The van der Waals surface area contributed by atoms with E-state index >= 15 is 0 Å². The van der Waals surface area contributed by atoms with Crippen molar-refractivity contribution in [2.75, 3.05) is 7.11 Å². The van der Waals surface area contributed by atoms with E-state index in [9.17, 15) is 9.18 Å². The molecule has 0 aliphatic carbocycles. The summed E-state index contributed by atoms with van der Waals surface area (Å²) in [6, 6.07) is 5.72. The number of carbonyl (C=O) groups is 1. The second kappa shape index (κ2) is 5.09. The molecule has 1 heterocycles. The summed E-state index contributed by atoms with van der Waals surface area (Å²) < 4.78 is 19.6. The minimum absolute atomic E-state index is 0.170. The molecule has 100 valence electrons. The maximum absolute atomic E-state index is 12.9. The predicted molar refractivity (Wildman–Crippen MR) is 66.2 cm³/mol. The fourth-order valence-electron chi connectivity index (χ4n) is 1.86. The van der Waals surface area contributed by atoms with Crippen LogP contribution >= 0.6 is 0 Å². The molecule has 1 aromatic carbocycles. The normalized spacial score (nSPS) is 10.5. The van der Waals surface area contributed by atoms with Crippen molar-refractivity contribution in [3.63, 3.8) is 0 Å². The third-order valence-electron chi connectivity index (χ3n) is 2.73. The van der Waals surface area contributed by atoms with Gasteiger partial charge in [-0.3, -0.25) is 4.79 Å². The monoisotopic (exact) mass is 264 g/mol. The van der Waals surface area contributed by atoms with E-state index in [0.717, 1.165) is 0 Å². The number of aliphatic carboxylic acids is 1. The summed E-state index contributed by atoms with van der Waals surface area (Å²) in [5.41, 5.74) is 1.70. The van der Waals surface area contributed by atoms with Crippen LogP contribution in [0.4, 0.5) is 4.39 Å². The molecule has 1 N–H and O–H groups in total. The molecule has 0 saturated carbocycles. The number of rotatable bonds is 4. The van der Waals surface area contributed by atoms with Gasteiger partial charge in [-0.25, -0.2) is 9.07 Å². The summed E-state index contributed by atoms with van der Waals surface area (Å²) in [5, 5.41) is 13.1. The van der Waals surface area contributed by atoms with Crippen LogP contribution < -0.4 is 4.74 Å². The second-order valence-corrected chi connectivity index (χ2v) is 4.03. The van der Waals surface area contributed by atoms with E-state index in [2.05, 4.69) is 5.10 Å². The van der Waals surface area contributed by atoms with Gasteiger partial charge in [0.1, 0.15) is 5.82 Å². The molecule has 0 bridgehead atoms. The molecule has 0 atom stereocenters. The van der Waals surface area contributed by atoms with Crippen LogP contribution in [0.2, 0.25) is 0 Å². The first-order chi connectivity index (χ1) is 9.02. The van der Waals surface area contributed by atoms with Gasteiger partial charge in [0, 0.05) is 5.56 Å². The number of ether oxygens (including phenoxy) is 1. The zero-order valence-corrected chi connectivity index (χ0v) is 10.6. The van der Waals surface area contributed by atoms with E-state index in [-0.39, 0.29) is 12.2 Å². The first-order valence-electron chi connectivity index (χ1n) is 5.63. The summed E-state index contributed by atoms with van der Waals surface area (Å²) in [4.78, 5) is 10.8. The van der Waals surface area contributed by atoms with E-state index < -0.39 is 5.97 Å². The van der Waals surface area contributed by atoms with Gasteiger partial charge in [0.05, 0.1) is 24.9 Å². The number of hydrogen-bond donors (Lipinski definition) is 1. The molecule has 0 aliphatic rings. The van der Waals surface area contributed by atoms with Gasteiger partial charge in [0.25, 0.3) is 0 Å². The molecule has 0 radical (unpaired) electrons. The Morgan fingerprint density at radius 1 is 1.42 bits per heavy atom. The molecule has 2 aromatic rings. The lowest BCUT2D eigenvalue weighted by Gasteiger charge is -2.07. The highest BCUT2D eigenvalue weighted by atomic mass is 19.1. The number of nitrogens with zero attached hydrogens (tertiary/aromatic N) is 2. The molecular formula is C13H13FN2O3. The average molecular weight is 264 g/mol. The third kappa shape index (κ3) is 2.57. The Morgan fingerprint density at radius 3 is 2.58 bits per heavy atom. The van der Waals surface area contributed by atoms with Gasteiger partial charge in [-0.05, 0) is 31.2 Å². The Bertz CT molecular complexity index is 605. The van der Waals surface area contributed by atoms with Crippen molar-refractivity contribution >= 4 is 5.97 Å². The van der Waals surface area contributed by atoms with Crippen molar-refractivity contribution in [1.82, 2.24) is 9.78 Å². The van der Waals surface area contributed by atoms with Crippen LogP contribution in [-0.4, -0.2) is 28.0 Å². The van der Waals surface area contributed by atoms with Gasteiger partial charge in [0.2, 0.25) is 5.88 Å². The van der Waals surface area contributed by atoms with Gasteiger partial charge >= 0.3 is 5.97 Å². The number of aryl methyl sites for hydroxylation is 1. The van der Waals surface area contributed by atoms with Crippen LogP contribution in [0.15, 0.2) is 24.3 Å². The standard InChI is InChI=1S/C13H13FN2O3/c1-8-11(7-12(17)18)13(19-2)16(15-8)10-5-3-9(14)4-6-10/h3-6H,7H2,1-2H3,(H,17,18). The number of benzene rings is 1. The molecule has 0 spiro atoms. The van der Waals surface area contributed by atoms with Crippen LogP contribution in [0.25, 0.3) is 5.69 Å². The van der Waals surface area contributed by atoms with Gasteiger partial charge < -0.3 is 9.84 Å². The van der Waals surface area contributed by atoms with Crippen LogP contribution in [0.1, 0.15) is 11.3 Å². The molecule has 0 amide bonds. The molecule has 2 rings (SSSR count). The maximum Gasteiger partial charge on any atom is 0.308 e. The lowest BCUT2D eigenvalue weighted by atomic mass is 10.2. The Labute approximate surface area is 109 Å². The molecule has 0 fully saturated rings. The summed E-state index contributed by atoms with van der Waals surface area (Å²) in [6.07, 6.45) is -0.170. The number of halogens is 1. The van der Waals surface area contributed by atoms with E-state index in [0.29, 0.717) is 22.8 Å². The molecule has 0 saturated heterocycles. The molecule has 19 heavy (non-hydrogen) atoms. The van der Waals surface area contributed by atoms with Crippen molar-refractivity contribution in [3.8, 4) is 11.6 Å². The van der Waals surface area contributed by atoms with Gasteiger partial charge in [-0.1, -0.05) is 0 Å². The second-order valence-electron chi connectivity index (χ2n) is 4.03. The number of carboxylic acid groups (broad SMARTS) is 1. The van der Waals surface area contributed by atoms with Crippen LogP contribution in [0.5, 0.6) is 5.88 Å². The van der Waals surface area contributed by atoms with Crippen molar-refractivity contribution in [2.24, 2.45) is 0 Å². The fourth-order valence-corrected chi connectivity index (χ4v) is 1.86. The Kier molecular flexibility index (Phi) is 3.50. The average Bonchev–Trinajstić information content (AvgIpc) is 2.66. The Hall–Kier alpha value is -2.37. The molecule has 6 heteroatoms. The zero-order chi connectivity index (χ0) is 14.0. The maximum atomic E-state index is 12.9. The van der Waals surface area contributed by atoms with Crippen LogP contribution in [0, 0.1) is 12.7 Å². The minimum atomic E-state index is -0.958. The van der Waals surface area contributed by atoms with Crippen molar-refractivity contribution in [3.05, 3.63) is 41.3 Å². The number of methoxy groups -OCH3 is 1. The largest absolute Gasteiger partial charge is 0.481 e. The summed E-state index contributed by atoms with van der Waals surface area (Å²) in [5.74, 6) is -0.955. The molecular weight excluding hydrogens is 251 g/mol. The van der Waals surface area contributed by atoms with E-state index in [1.807, 2.05) is 0 Å². The lowest BCUT2D eigenvalue weighted by Crippen LogP contribution is -2.04. The molecule has 1 aromatic heterocycles. The predicted octanol–water partition coefficient (Wildman–Crippen LogP) is 1.96. The third-order valence-corrected chi connectivity index (χ3v) is 2.73. The number of hydrogen-bond acceptors (Lipinski definition) is 3. The highest BCUT2D eigenvalue weighted by Crippen LogP contribution is 2.26. The summed E-state index contributed by atoms with van der Waals surface area (Å²) in [6.45, 7) is 1.71. The first-order valence-corrected chi connectivity index (χ1v) is 5.63. The SMILES string of the molecule is COc1c(CC(=O)O)c(C)nn1-c1ccc(F)cc1. The van der Waals surface area contributed by atoms with E-state index in [1.54, 1.807) is 19.1 Å². The Balaban J connectivity index is 2.52. The minimum Gasteiger partial charge on any atom is -0.481 e. The highest BCUT2D eigenvalue weighted by Gasteiger charge is 2.19. The quantitative estimate of drug-likeness (QED) is 0.916. The number of aromatic nitrogens is 2. The molecule has 0 aliphatic heterocycles. The van der Waals surface area contributed by atoms with Gasteiger partial charge in [-0.15, -0.1) is 0 Å². The summed E-state index contributed by atoms with van der Waals surface area (Å²) in [7, 11) is 1.45. The fraction of sp³-hybridized carbons (Fsp3) is 0.231.